The van der Waals surface area contributed by atoms with E-state index in [1.54, 1.807) is 0 Å². The van der Waals surface area contributed by atoms with E-state index in [0.29, 0.717) is 24.6 Å². The van der Waals surface area contributed by atoms with Gasteiger partial charge in [-0.3, -0.25) is 0 Å². The Balaban J connectivity index is 1.26. The fourth-order valence-corrected chi connectivity index (χ4v) is 7.60. The molecule has 5 rings (SSSR count). The second-order valence-electron chi connectivity index (χ2n) is 9.69. The maximum Gasteiger partial charge on any atom is 0.161 e. The van der Waals surface area contributed by atoms with Crippen molar-refractivity contribution in [3.63, 3.8) is 0 Å². The molecule has 28 heavy (non-hydrogen) atoms. The van der Waals surface area contributed by atoms with Crippen LogP contribution in [0.3, 0.4) is 0 Å². The van der Waals surface area contributed by atoms with Crippen LogP contribution in [0.15, 0.2) is 4.99 Å². The van der Waals surface area contributed by atoms with Gasteiger partial charge in [0.05, 0.1) is 0 Å². The molecule has 0 aromatic carbocycles. The minimum atomic E-state index is -0.119. The number of thioether (sulfide) groups is 1. The molecule has 0 unspecified atom stereocenters. The number of nitrogens with zero attached hydrogens (tertiary/aromatic N) is 1. The Morgan fingerprint density at radius 3 is 2.14 bits per heavy atom. The highest BCUT2D eigenvalue weighted by molar-refractivity contribution is 8.14. The van der Waals surface area contributed by atoms with Crippen molar-refractivity contribution in [2.75, 3.05) is 33.2 Å². The molecule has 3 atom stereocenters. The predicted molar refractivity (Wildman–Crippen MR) is 112 cm³/mol. The van der Waals surface area contributed by atoms with E-state index in [9.17, 15) is 0 Å². The maximum atomic E-state index is 6.48. The zero-order valence-electron chi connectivity index (χ0n) is 17.1. The largest absolute Gasteiger partial charge is 0.381 e. The van der Waals surface area contributed by atoms with Crippen molar-refractivity contribution >= 4 is 16.9 Å². The number of hydrogen-bond acceptors (Lipinski definition) is 6. The van der Waals surface area contributed by atoms with Gasteiger partial charge in [0.2, 0.25) is 0 Å². The average Bonchev–Trinajstić information content (AvgIpc) is 3.33. The number of hydrogen-bond donors (Lipinski definition) is 1. The third kappa shape index (κ3) is 4.55. The molecule has 0 spiro atoms. The van der Waals surface area contributed by atoms with Crippen molar-refractivity contribution in [2.24, 2.45) is 28.7 Å². The van der Waals surface area contributed by atoms with Gasteiger partial charge in [-0.05, 0) is 81.5 Å². The van der Waals surface area contributed by atoms with Gasteiger partial charge in [-0.1, -0.05) is 18.2 Å². The van der Waals surface area contributed by atoms with Gasteiger partial charge in [-0.25, -0.2) is 4.99 Å². The first-order valence-corrected chi connectivity index (χ1v) is 12.4. The average molecular weight is 409 g/mol. The second-order valence-corrected chi connectivity index (χ2v) is 11.0. The summed E-state index contributed by atoms with van der Waals surface area (Å²) >= 11 is 1.92. The highest BCUT2D eigenvalue weighted by Crippen LogP contribution is 2.47. The Bertz CT molecular complexity index is 540. The molecule has 5 aliphatic rings. The summed E-state index contributed by atoms with van der Waals surface area (Å²) in [5.41, 5.74) is 0. The van der Waals surface area contributed by atoms with E-state index in [4.69, 9.17) is 19.2 Å². The molecule has 2 aliphatic carbocycles. The van der Waals surface area contributed by atoms with E-state index < -0.39 is 0 Å². The smallest absolute Gasteiger partial charge is 0.161 e. The SMILES string of the molecule is C1CC(CC2(CC3CCOCC3)OCN=C(N[C@H]3C[C@@H]4CC[C@H]3C4)S2)CCO1. The lowest BCUT2D eigenvalue weighted by atomic mass is 9.86. The van der Waals surface area contributed by atoms with E-state index in [0.717, 1.165) is 56.3 Å². The zero-order valence-corrected chi connectivity index (χ0v) is 17.9. The Morgan fingerprint density at radius 2 is 1.57 bits per heavy atom. The Labute approximate surface area is 173 Å². The molecule has 158 valence electrons. The quantitative estimate of drug-likeness (QED) is 0.740. The van der Waals surface area contributed by atoms with Crippen LogP contribution in [-0.4, -0.2) is 49.3 Å². The predicted octanol–water partition coefficient (Wildman–Crippen LogP) is 4.17. The van der Waals surface area contributed by atoms with Gasteiger partial charge < -0.3 is 19.5 Å². The molecule has 3 heterocycles. The standard InChI is InChI=1S/C22H36N2O3S/c1-2-19-11-18(1)12-20(19)24-21-23-15-27-22(28-21,13-16-3-7-25-8-4-16)14-17-5-9-26-10-6-17/h16-20H,1-15H2,(H,23,24)/t18-,19+,20+/m1/s1. The van der Waals surface area contributed by atoms with Crippen LogP contribution in [0.5, 0.6) is 0 Å². The molecule has 4 fully saturated rings. The lowest BCUT2D eigenvalue weighted by Crippen LogP contribution is -2.45. The van der Waals surface area contributed by atoms with Crippen molar-refractivity contribution in [1.82, 2.24) is 5.32 Å². The van der Waals surface area contributed by atoms with E-state index in [1.165, 1.54) is 51.4 Å². The van der Waals surface area contributed by atoms with Crippen LogP contribution < -0.4 is 5.32 Å². The highest BCUT2D eigenvalue weighted by Gasteiger charge is 2.44. The fourth-order valence-electron chi connectivity index (χ4n) is 6.17. The van der Waals surface area contributed by atoms with Crippen LogP contribution in [0.4, 0.5) is 0 Å². The van der Waals surface area contributed by atoms with Crippen LogP contribution >= 0.6 is 11.8 Å². The summed E-state index contributed by atoms with van der Waals surface area (Å²) in [5, 5.41) is 5.02. The molecule has 0 amide bonds. The van der Waals surface area contributed by atoms with Gasteiger partial charge in [0.25, 0.3) is 0 Å². The van der Waals surface area contributed by atoms with Gasteiger partial charge in [0.15, 0.2) is 5.17 Å². The van der Waals surface area contributed by atoms with Gasteiger partial charge >= 0.3 is 0 Å². The minimum Gasteiger partial charge on any atom is -0.381 e. The molecular weight excluding hydrogens is 372 g/mol. The van der Waals surface area contributed by atoms with Crippen molar-refractivity contribution in [2.45, 2.75) is 75.2 Å². The summed E-state index contributed by atoms with van der Waals surface area (Å²) < 4.78 is 17.7. The van der Waals surface area contributed by atoms with E-state index >= 15 is 0 Å². The Hall–Kier alpha value is -0.300. The molecule has 2 saturated heterocycles. The van der Waals surface area contributed by atoms with Gasteiger partial charge in [-0.2, -0.15) is 0 Å². The van der Waals surface area contributed by atoms with Crippen LogP contribution in [0.2, 0.25) is 0 Å². The molecule has 6 heteroatoms. The summed E-state index contributed by atoms with van der Waals surface area (Å²) in [6.45, 7) is 4.16. The van der Waals surface area contributed by atoms with Crippen LogP contribution in [0.25, 0.3) is 0 Å². The first-order chi connectivity index (χ1) is 13.8. The lowest BCUT2D eigenvalue weighted by molar-refractivity contribution is -0.0343. The molecule has 2 saturated carbocycles. The first-order valence-electron chi connectivity index (χ1n) is 11.6. The molecule has 5 nitrogen and oxygen atoms in total. The molecule has 3 aliphatic heterocycles. The summed E-state index contributed by atoms with van der Waals surface area (Å²) in [6, 6.07) is 0.645. The van der Waals surface area contributed by atoms with Gasteiger partial charge in [-0.15, -0.1) is 0 Å². The van der Waals surface area contributed by atoms with Crippen LogP contribution in [0, 0.1) is 23.7 Å². The number of ether oxygens (including phenoxy) is 3. The van der Waals surface area contributed by atoms with Crippen molar-refractivity contribution in [3.05, 3.63) is 0 Å². The number of aliphatic imine (C=N–C) groups is 1. The summed E-state index contributed by atoms with van der Waals surface area (Å²) in [6.07, 6.45) is 12.6. The van der Waals surface area contributed by atoms with Crippen LogP contribution in [-0.2, 0) is 14.2 Å². The lowest BCUT2D eigenvalue weighted by Gasteiger charge is -2.42. The van der Waals surface area contributed by atoms with E-state index in [2.05, 4.69) is 5.32 Å². The molecular formula is C22H36N2O3S. The monoisotopic (exact) mass is 408 g/mol. The Kier molecular flexibility index (Phi) is 6.19. The number of fused-ring (bicyclic) bond motifs is 2. The third-order valence-electron chi connectivity index (χ3n) is 7.75. The highest BCUT2D eigenvalue weighted by atomic mass is 32.2. The van der Waals surface area contributed by atoms with Gasteiger partial charge in [0.1, 0.15) is 11.7 Å². The van der Waals surface area contributed by atoms with Crippen molar-refractivity contribution in [1.29, 1.82) is 0 Å². The number of rotatable bonds is 5. The molecule has 0 aromatic rings. The number of nitrogens with one attached hydrogen (secondary N) is 1. The van der Waals surface area contributed by atoms with E-state index in [-0.39, 0.29) is 4.93 Å². The second kappa shape index (κ2) is 8.83. The third-order valence-corrected chi connectivity index (χ3v) is 9.01. The number of amidine groups is 1. The molecule has 1 N–H and O–H groups in total. The minimum absolute atomic E-state index is 0.119. The summed E-state index contributed by atoms with van der Waals surface area (Å²) in [4.78, 5) is 4.64. The van der Waals surface area contributed by atoms with E-state index in [1.807, 2.05) is 11.8 Å². The first kappa shape index (κ1) is 19.7. The van der Waals surface area contributed by atoms with Crippen LogP contribution in [0.1, 0.15) is 64.2 Å². The van der Waals surface area contributed by atoms with Gasteiger partial charge in [0, 0.05) is 32.5 Å². The molecule has 0 radical (unpaired) electrons. The molecule has 0 aromatic heterocycles. The normalized spacial score (nSPS) is 36.4. The Morgan fingerprint density at radius 1 is 0.893 bits per heavy atom. The van der Waals surface area contributed by atoms with Crippen molar-refractivity contribution < 1.29 is 14.2 Å². The zero-order chi connectivity index (χ0) is 18.8. The topological polar surface area (TPSA) is 52.1 Å². The maximum absolute atomic E-state index is 6.48. The molecule has 2 bridgehead atoms. The van der Waals surface area contributed by atoms with Crippen molar-refractivity contribution in [3.8, 4) is 0 Å². The summed E-state index contributed by atoms with van der Waals surface area (Å²) in [5.74, 6) is 3.25. The summed E-state index contributed by atoms with van der Waals surface area (Å²) in [7, 11) is 0. The fraction of sp³-hybridized carbons (Fsp3) is 0.955.